The Bertz CT molecular complexity index is 648. The van der Waals surface area contributed by atoms with Crippen molar-refractivity contribution in [2.45, 2.75) is 39.0 Å². The van der Waals surface area contributed by atoms with Crippen LogP contribution in [0.3, 0.4) is 0 Å². The monoisotopic (exact) mass is 286 g/mol. The molecule has 0 unspecified atom stereocenters. The minimum atomic E-state index is 0.0216. The van der Waals surface area contributed by atoms with Crippen molar-refractivity contribution in [3.05, 3.63) is 24.2 Å². The van der Waals surface area contributed by atoms with Crippen molar-refractivity contribution in [3.63, 3.8) is 0 Å². The summed E-state index contributed by atoms with van der Waals surface area (Å²) in [5.74, 6) is 1.18. The molecule has 0 atom stereocenters. The Hall–Kier alpha value is -1.91. The Morgan fingerprint density at radius 3 is 2.62 bits per heavy atom. The van der Waals surface area contributed by atoms with Crippen LogP contribution >= 0.6 is 0 Å². The zero-order chi connectivity index (χ0) is 15.0. The van der Waals surface area contributed by atoms with Gasteiger partial charge in [-0.15, -0.1) is 0 Å². The first-order chi connectivity index (χ1) is 9.99. The standard InChI is InChI=1S/C16H22N4O/c1-16(2,3)14-10-13-15(17-6-9-20(13)18-14)19-7-4-12(11-21)5-8-19/h6,9-12H,4-5,7-8H2,1-3H3. The van der Waals surface area contributed by atoms with E-state index in [4.69, 9.17) is 0 Å². The van der Waals surface area contributed by atoms with Gasteiger partial charge in [-0.3, -0.25) is 0 Å². The summed E-state index contributed by atoms with van der Waals surface area (Å²) >= 11 is 0. The zero-order valence-corrected chi connectivity index (χ0v) is 12.9. The number of carbonyl (C=O) groups is 1. The summed E-state index contributed by atoms with van der Waals surface area (Å²) in [5.41, 5.74) is 2.14. The Labute approximate surface area is 125 Å². The van der Waals surface area contributed by atoms with E-state index in [1.54, 1.807) is 6.20 Å². The van der Waals surface area contributed by atoms with Crippen LogP contribution in [-0.2, 0) is 10.2 Å². The molecule has 5 nitrogen and oxygen atoms in total. The molecule has 0 radical (unpaired) electrons. The highest BCUT2D eigenvalue weighted by atomic mass is 16.1. The van der Waals surface area contributed by atoms with Gasteiger partial charge in [0.2, 0.25) is 0 Å². The molecule has 2 aromatic rings. The first-order valence-corrected chi connectivity index (χ1v) is 7.54. The van der Waals surface area contributed by atoms with E-state index in [0.29, 0.717) is 0 Å². The van der Waals surface area contributed by atoms with Crippen LogP contribution < -0.4 is 4.90 Å². The fourth-order valence-corrected chi connectivity index (χ4v) is 2.77. The van der Waals surface area contributed by atoms with Gasteiger partial charge in [-0.2, -0.15) is 5.10 Å². The van der Waals surface area contributed by atoms with Crippen LogP contribution in [0.15, 0.2) is 18.5 Å². The van der Waals surface area contributed by atoms with Crippen LogP contribution in [0, 0.1) is 5.92 Å². The minimum absolute atomic E-state index is 0.0216. The molecule has 0 saturated carbocycles. The Balaban J connectivity index is 1.96. The largest absolute Gasteiger partial charge is 0.355 e. The molecule has 1 aliphatic heterocycles. The second-order valence-electron chi connectivity index (χ2n) is 6.82. The summed E-state index contributed by atoms with van der Waals surface area (Å²) in [5, 5.41) is 4.66. The molecule has 21 heavy (non-hydrogen) atoms. The lowest BCUT2D eigenvalue weighted by molar-refractivity contribution is -0.111. The molecule has 2 aromatic heterocycles. The molecule has 0 N–H and O–H groups in total. The number of anilines is 1. The van der Waals surface area contributed by atoms with Crippen molar-refractivity contribution in [1.29, 1.82) is 0 Å². The Morgan fingerprint density at radius 2 is 2.00 bits per heavy atom. The van der Waals surface area contributed by atoms with E-state index in [0.717, 1.165) is 49.2 Å². The van der Waals surface area contributed by atoms with Crippen LogP contribution in [0.2, 0.25) is 0 Å². The summed E-state index contributed by atoms with van der Waals surface area (Å²) < 4.78 is 1.91. The first kappa shape index (κ1) is 14.0. The highest BCUT2D eigenvalue weighted by Gasteiger charge is 2.23. The lowest BCUT2D eigenvalue weighted by atomic mass is 9.92. The fourth-order valence-electron chi connectivity index (χ4n) is 2.77. The third kappa shape index (κ3) is 2.64. The van der Waals surface area contributed by atoms with Gasteiger partial charge in [0.05, 0.1) is 5.69 Å². The molecule has 0 spiro atoms. The molecular weight excluding hydrogens is 264 g/mol. The number of piperidine rings is 1. The van der Waals surface area contributed by atoms with E-state index in [1.165, 1.54) is 0 Å². The third-order valence-electron chi connectivity index (χ3n) is 4.17. The molecule has 112 valence electrons. The molecule has 3 heterocycles. The SMILES string of the molecule is CC(C)(C)c1cc2c(N3CCC(C=O)CC3)nccn2n1. The molecule has 1 fully saturated rings. The van der Waals surface area contributed by atoms with E-state index < -0.39 is 0 Å². The molecule has 1 aliphatic rings. The molecule has 3 rings (SSSR count). The van der Waals surface area contributed by atoms with Gasteiger partial charge in [-0.25, -0.2) is 9.50 Å². The normalized spacial score (nSPS) is 17.4. The second-order valence-corrected chi connectivity index (χ2v) is 6.82. The van der Waals surface area contributed by atoms with Crippen LogP contribution in [0.5, 0.6) is 0 Å². The predicted octanol–water partition coefficient (Wildman–Crippen LogP) is 2.44. The number of hydrogen-bond acceptors (Lipinski definition) is 4. The van der Waals surface area contributed by atoms with Gasteiger partial charge < -0.3 is 9.69 Å². The lowest BCUT2D eigenvalue weighted by Crippen LogP contribution is -2.34. The van der Waals surface area contributed by atoms with Crippen molar-refractivity contribution in [1.82, 2.24) is 14.6 Å². The van der Waals surface area contributed by atoms with Crippen LogP contribution in [0.4, 0.5) is 5.82 Å². The minimum Gasteiger partial charge on any atom is -0.355 e. The summed E-state index contributed by atoms with van der Waals surface area (Å²) in [4.78, 5) is 17.7. The van der Waals surface area contributed by atoms with Crippen molar-refractivity contribution < 1.29 is 4.79 Å². The molecular formula is C16H22N4O. The van der Waals surface area contributed by atoms with Crippen molar-refractivity contribution in [2.24, 2.45) is 5.92 Å². The van der Waals surface area contributed by atoms with Crippen molar-refractivity contribution in [2.75, 3.05) is 18.0 Å². The van der Waals surface area contributed by atoms with Gasteiger partial charge in [0.25, 0.3) is 0 Å². The van der Waals surface area contributed by atoms with Gasteiger partial charge in [0.15, 0.2) is 5.82 Å². The second kappa shape index (κ2) is 5.13. The molecule has 0 aliphatic carbocycles. The summed E-state index contributed by atoms with van der Waals surface area (Å²) in [6.45, 7) is 8.25. The van der Waals surface area contributed by atoms with E-state index in [1.807, 2.05) is 10.7 Å². The average molecular weight is 286 g/mol. The average Bonchev–Trinajstić information content (AvgIpc) is 2.91. The molecule has 1 saturated heterocycles. The lowest BCUT2D eigenvalue weighted by Gasteiger charge is -2.30. The van der Waals surface area contributed by atoms with Crippen molar-refractivity contribution >= 4 is 17.6 Å². The van der Waals surface area contributed by atoms with Gasteiger partial charge in [-0.1, -0.05) is 20.8 Å². The molecule has 0 bridgehead atoms. The van der Waals surface area contributed by atoms with Crippen LogP contribution in [0.25, 0.3) is 5.52 Å². The maximum atomic E-state index is 10.9. The number of carbonyl (C=O) groups excluding carboxylic acids is 1. The summed E-state index contributed by atoms with van der Waals surface area (Å²) in [6.07, 6.45) is 6.60. The van der Waals surface area contributed by atoms with Gasteiger partial charge in [-0.05, 0) is 18.9 Å². The van der Waals surface area contributed by atoms with Crippen LogP contribution in [-0.4, -0.2) is 34.0 Å². The summed E-state index contributed by atoms with van der Waals surface area (Å²) in [6, 6.07) is 2.13. The van der Waals surface area contributed by atoms with E-state index >= 15 is 0 Å². The Kier molecular flexibility index (Phi) is 3.43. The number of aromatic nitrogens is 3. The zero-order valence-electron chi connectivity index (χ0n) is 12.9. The van der Waals surface area contributed by atoms with Crippen LogP contribution in [0.1, 0.15) is 39.3 Å². The maximum Gasteiger partial charge on any atom is 0.154 e. The predicted molar refractivity (Wildman–Crippen MR) is 82.7 cm³/mol. The first-order valence-electron chi connectivity index (χ1n) is 7.54. The number of fused-ring (bicyclic) bond motifs is 1. The van der Waals surface area contributed by atoms with E-state index in [2.05, 4.69) is 41.8 Å². The molecule has 0 aromatic carbocycles. The quantitative estimate of drug-likeness (QED) is 0.796. The summed E-state index contributed by atoms with van der Waals surface area (Å²) in [7, 11) is 0. The number of aldehydes is 1. The third-order valence-corrected chi connectivity index (χ3v) is 4.17. The number of rotatable bonds is 2. The van der Waals surface area contributed by atoms with E-state index in [-0.39, 0.29) is 11.3 Å². The highest BCUT2D eigenvalue weighted by Crippen LogP contribution is 2.28. The maximum absolute atomic E-state index is 10.9. The van der Waals surface area contributed by atoms with E-state index in [9.17, 15) is 4.79 Å². The van der Waals surface area contributed by atoms with Gasteiger partial charge >= 0.3 is 0 Å². The Morgan fingerprint density at radius 1 is 1.29 bits per heavy atom. The van der Waals surface area contributed by atoms with Gasteiger partial charge in [0.1, 0.15) is 11.8 Å². The smallest absolute Gasteiger partial charge is 0.154 e. The highest BCUT2D eigenvalue weighted by molar-refractivity contribution is 5.70. The number of nitrogens with zero attached hydrogens (tertiary/aromatic N) is 4. The fraction of sp³-hybridized carbons (Fsp3) is 0.562. The van der Waals surface area contributed by atoms with Gasteiger partial charge in [0, 0.05) is 36.8 Å². The topological polar surface area (TPSA) is 50.5 Å². The number of hydrogen-bond donors (Lipinski definition) is 0. The van der Waals surface area contributed by atoms with Crippen molar-refractivity contribution in [3.8, 4) is 0 Å². The molecule has 0 amide bonds. The molecule has 5 heteroatoms.